The lowest BCUT2D eigenvalue weighted by atomic mass is 10.0. The molecule has 0 aromatic rings. The molecule has 2 rings (SSSR count). The maximum Gasteiger partial charge on any atom is 0.0993 e. The first-order chi connectivity index (χ1) is 10.3. The van der Waals surface area contributed by atoms with Gasteiger partial charge in [0.05, 0.1) is 19.5 Å². The molecule has 0 aromatic heterocycles. The molecule has 0 heterocycles. The third kappa shape index (κ3) is 5.37. The largest absolute Gasteiger partial charge is 0.501 e. The summed E-state index contributed by atoms with van der Waals surface area (Å²) in [6.45, 7) is 1.00. The van der Waals surface area contributed by atoms with Crippen LogP contribution in [0.3, 0.4) is 0 Å². The van der Waals surface area contributed by atoms with Crippen LogP contribution in [0.4, 0.5) is 0 Å². The maximum absolute atomic E-state index is 9.57. The highest BCUT2D eigenvalue weighted by molar-refractivity contribution is 5.30. The number of methoxy groups -OCH3 is 1. The van der Waals surface area contributed by atoms with Gasteiger partial charge in [-0.15, -0.1) is 0 Å². The lowest BCUT2D eigenvalue weighted by Gasteiger charge is -2.18. The van der Waals surface area contributed by atoms with E-state index in [-0.39, 0.29) is 12.6 Å². The summed E-state index contributed by atoms with van der Waals surface area (Å²) in [7, 11) is 1.70. The summed E-state index contributed by atoms with van der Waals surface area (Å²) in [6, 6.07) is 0.0881. The van der Waals surface area contributed by atoms with Gasteiger partial charge in [-0.3, -0.25) is 0 Å². The Hall–Kier alpha value is -1.58. The lowest BCUT2D eigenvalue weighted by molar-refractivity contribution is 0.244. The fourth-order valence-corrected chi connectivity index (χ4v) is 2.50. The van der Waals surface area contributed by atoms with Crippen molar-refractivity contribution >= 4 is 0 Å². The predicted octanol–water partition coefficient (Wildman–Crippen LogP) is 3.02. The molecular weight excluding hydrogens is 262 g/mol. The number of ether oxygens (including phenoxy) is 1. The van der Waals surface area contributed by atoms with Crippen molar-refractivity contribution in [3.63, 3.8) is 0 Å². The molecule has 1 atom stereocenters. The Balaban J connectivity index is 1.87. The second kappa shape index (κ2) is 8.65. The molecule has 0 radical (unpaired) electrons. The molecule has 0 saturated heterocycles. The van der Waals surface area contributed by atoms with Crippen LogP contribution in [0.5, 0.6) is 0 Å². The Kier molecular flexibility index (Phi) is 6.51. The van der Waals surface area contributed by atoms with E-state index < -0.39 is 0 Å². The molecule has 0 amide bonds. The van der Waals surface area contributed by atoms with Crippen LogP contribution >= 0.6 is 0 Å². The van der Waals surface area contributed by atoms with Crippen molar-refractivity contribution in [1.82, 2.24) is 5.32 Å². The molecule has 0 bridgehead atoms. The van der Waals surface area contributed by atoms with E-state index in [4.69, 9.17) is 4.74 Å². The van der Waals surface area contributed by atoms with Crippen molar-refractivity contribution in [2.24, 2.45) is 0 Å². The van der Waals surface area contributed by atoms with E-state index in [2.05, 4.69) is 41.8 Å². The molecule has 3 heteroatoms. The molecule has 0 aromatic carbocycles. The highest BCUT2D eigenvalue weighted by atomic mass is 16.5. The number of aliphatic hydroxyl groups excluding tert-OH is 1. The van der Waals surface area contributed by atoms with E-state index in [9.17, 15) is 5.11 Å². The quantitative estimate of drug-likeness (QED) is 0.756. The average Bonchev–Trinajstić information content (AvgIpc) is 2.77. The fourth-order valence-electron chi connectivity index (χ4n) is 2.50. The Morgan fingerprint density at radius 2 is 2.19 bits per heavy atom. The van der Waals surface area contributed by atoms with Crippen molar-refractivity contribution in [2.75, 3.05) is 20.3 Å². The van der Waals surface area contributed by atoms with Crippen molar-refractivity contribution < 1.29 is 9.84 Å². The average molecular weight is 287 g/mol. The van der Waals surface area contributed by atoms with Gasteiger partial charge in [-0.2, -0.15) is 0 Å². The Bertz CT molecular complexity index is 483. The zero-order valence-corrected chi connectivity index (χ0v) is 12.7. The minimum atomic E-state index is 0.0881. The lowest BCUT2D eigenvalue weighted by Crippen LogP contribution is -2.34. The summed E-state index contributed by atoms with van der Waals surface area (Å²) in [5, 5.41) is 13.0. The van der Waals surface area contributed by atoms with Crippen LogP contribution in [-0.4, -0.2) is 31.4 Å². The molecule has 2 N–H and O–H groups in total. The van der Waals surface area contributed by atoms with E-state index in [1.807, 2.05) is 6.08 Å². The molecule has 0 fully saturated rings. The highest BCUT2D eigenvalue weighted by Gasteiger charge is 2.10. The van der Waals surface area contributed by atoms with Gasteiger partial charge in [-0.05, 0) is 30.9 Å². The summed E-state index contributed by atoms with van der Waals surface area (Å²) in [5.74, 6) is 0.967. The van der Waals surface area contributed by atoms with Gasteiger partial charge in [-0.1, -0.05) is 42.0 Å². The Labute approximate surface area is 127 Å². The molecule has 3 nitrogen and oxygen atoms in total. The summed E-state index contributed by atoms with van der Waals surface area (Å²) >= 11 is 0. The van der Waals surface area contributed by atoms with Gasteiger partial charge in [0.15, 0.2) is 0 Å². The van der Waals surface area contributed by atoms with E-state index in [1.165, 1.54) is 11.1 Å². The summed E-state index contributed by atoms with van der Waals surface area (Å²) in [4.78, 5) is 0. The molecule has 2 aliphatic carbocycles. The first-order valence-electron chi connectivity index (χ1n) is 7.61. The molecule has 0 unspecified atom stereocenters. The first-order valence-corrected chi connectivity index (χ1v) is 7.61. The maximum atomic E-state index is 9.57. The van der Waals surface area contributed by atoms with Crippen LogP contribution in [0.2, 0.25) is 0 Å². The second-order valence-electron chi connectivity index (χ2n) is 5.44. The molecule has 21 heavy (non-hydrogen) atoms. The number of rotatable bonds is 7. The summed E-state index contributed by atoms with van der Waals surface area (Å²) in [6.07, 6.45) is 18.7. The van der Waals surface area contributed by atoms with Gasteiger partial charge in [0.2, 0.25) is 0 Å². The topological polar surface area (TPSA) is 41.5 Å². The summed E-state index contributed by atoms with van der Waals surface area (Å²) < 4.78 is 5.26. The summed E-state index contributed by atoms with van der Waals surface area (Å²) in [5.41, 5.74) is 2.62. The van der Waals surface area contributed by atoms with Gasteiger partial charge >= 0.3 is 0 Å². The molecule has 114 valence electrons. The van der Waals surface area contributed by atoms with Gasteiger partial charge in [-0.25, -0.2) is 0 Å². The molecular formula is C18H25NO2. The van der Waals surface area contributed by atoms with E-state index in [1.54, 1.807) is 7.11 Å². The van der Waals surface area contributed by atoms with Gasteiger partial charge in [0.1, 0.15) is 0 Å². The van der Waals surface area contributed by atoms with E-state index in [0.29, 0.717) is 0 Å². The normalized spacial score (nSPS) is 19.4. The molecule has 0 spiro atoms. The first kappa shape index (κ1) is 15.8. The SMILES string of the molecule is COC1=CC=C(C[C@@H](CO)NCC2=CC=CCC2)C=CC1. The minimum absolute atomic E-state index is 0.0881. The Morgan fingerprint density at radius 3 is 2.90 bits per heavy atom. The van der Waals surface area contributed by atoms with Gasteiger partial charge in [0, 0.05) is 19.0 Å². The molecule has 2 aliphatic rings. The monoisotopic (exact) mass is 287 g/mol. The van der Waals surface area contributed by atoms with Crippen LogP contribution in [0.15, 0.2) is 59.4 Å². The minimum Gasteiger partial charge on any atom is -0.501 e. The van der Waals surface area contributed by atoms with Crippen molar-refractivity contribution in [1.29, 1.82) is 0 Å². The number of hydrogen-bond acceptors (Lipinski definition) is 3. The number of allylic oxidation sites excluding steroid dienone is 7. The van der Waals surface area contributed by atoms with Crippen LogP contribution in [-0.2, 0) is 4.74 Å². The zero-order valence-electron chi connectivity index (χ0n) is 12.7. The van der Waals surface area contributed by atoms with E-state index in [0.717, 1.165) is 38.0 Å². The van der Waals surface area contributed by atoms with Crippen LogP contribution in [0, 0.1) is 0 Å². The van der Waals surface area contributed by atoms with Gasteiger partial charge < -0.3 is 15.2 Å². The van der Waals surface area contributed by atoms with Crippen LogP contribution in [0.1, 0.15) is 25.7 Å². The van der Waals surface area contributed by atoms with Crippen molar-refractivity contribution in [3.05, 3.63) is 59.4 Å². The number of nitrogens with one attached hydrogen (secondary N) is 1. The van der Waals surface area contributed by atoms with Crippen molar-refractivity contribution in [3.8, 4) is 0 Å². The van der Waals surface area contributed by atoms with E-state index >= 15 is 0 Å². The molecule has 0 aliphatic heterocycles. The number of aliphatic hydroxyl groups is 1. The fraction of sp³-hybridized carbons (Fsp3) is 0.444. The van der Waals surface area contributed by atoms with Crippen LogP contribution in [0.25, 0.3) is 0 Å². The third-order valence-corrected chi connectivity index (χ3v) is 3.82. The number of hydrogen-bond donors (Lipinski definition) is 2. The predicted molar refractivity (Wildman–Crippen MR) is 86.9 cm³/mol. The standard InChI is InChI=1S/C18H25NO2/c1-21-18-9-5-8-15(10-11-18)12-17(14-20)19-13-16-6-3-2-4-7-16/h2-3,5-6,8,10-11,17,19-20H,4,7,9,12-14H2,1H3/t17-/m0/s1. The highest BCUT2D eigenvalue weighted by Crippen LogP contribution is 2.16. The third-order valence-electron chi connectivity index (χ3n) is 3.82. The Morgan fingerprint density at radius 1 is 1.29 bits per heavy atom. The molecule has 0 saturated carbocycles. The van der Waals surface area contributed by atoms with Crippen molar-refractivity contribution in [2.45, 2.75) is 31.7 Å². The van der Waals surface area contributed by atoms with Gasteiger partial charge in [0.25, 0.3) is 0 Å². The smallest absolute Gasteiger partial charge is 0.0993 e. The van der Waals surface area contributed by atoms with Crippen LogP contribution < -0.4 is 5.32 Å². The second-order valence-corrected chi connectivity index (χ2v) is 5.44. The zero-order chi connectivity index (χ0) is 14.9.